The minimum Gasteiger partial charge on any atom is -0.391 e. The summed E-state index contributed by atoms with van der Waals surface area (Å²) in [6.45, 7) is 5.59. The summed E-state index contributed by atoms with van der Waals surface area (Å²) in [5, 5.41) is 12.9. The summed E-state index contributed by atoms with van der Waals surface area (Å²) in [6.07, 6.45) is -0.560. The van der Waals surface area contributed by atoms with E-state index < -0.39 is 16.9 Å². The maximum Gasteiger partial charge on any atom is 0.0783 e. The molecule has 2 N–H and O–H groups in total. The van der Waals surface area contributed by atoms with E-state index in [-0.39, 0.29) is 5.75 Å². The third-order valence-corrected chi connectivity index (χ3v) is 3.77. The number of benzene rings is 1. The van der Waals surface area contributed by atoms with Crippen LogP contribution in [0.5, 0.6) is 0 Å². The van der Waals surface area contributed by atoms with Crippen molar-refractivity contribution < 1.29 is 9.32 Å². The Morgan fingerprint density at radius 3 is 2.47 bits per heavy atom. The van der Waals surface area contributed by atoms with Crippen LogP contribution in [0.2, 0.25) is 0 Å². The molecule has 0 bridgehead atoms. The van der Waals surface area contributed by atoms with E-state index in [1.54, 1.807) is 0 Å². The molecule has 0 aliphatic carbocycles. The molecule has 0 saturated carbocycles. The van der Waals surface area contributed by atoms with Crippen molar-refractivity contribution in [3.8, 4) is 0 Å². The Hall–Kier alpha value is -0.710. The second-order valence-electron chi connectivity index (χ2n) is 4.53. The van der Waals surface area contributed by atoms with Crippen LogP contribution in [0.25, 0.3) is 0 Å². The Balaban J connectivity index is 2.31. The first-order chi connectivity index (χ1) is 8.09. The highest BCUT2D eigenvalue weighted by Crippen LogP contribution is 2.06. The highest BCUT2D eigenvalue weighted by molar-refractivity contribution is 7.85. The molecule has 0 fully saturated rings. The van der Waals surface area contributed by atoms with Crippen molar-refractivity contribution in [3.05, 3.63) is 30.3 Å². The molecule has 0 radical (unpaired) electrons. The summed E-state index contributed by atoms with van der Waals surface area (Å²) in [4.78, 5) is 0.774. The largest absolute Gasteiger partial charge is 0.391 e. The van der Waals surface area contributed by atoms with Gasteiger partial charge in [-0.15, -0.1) is 0 Å². The zero-order valence-corrected chi connectivity index (χ0v) is 11.2. The number of aliphatic hydroxyl groups is 1. The molecule has 1 rings (SSSR count). The van der Waals surface area contributed by atoms with Crippen LogP contribution < -0.4 is 5.32 Å². The molecule has 0 spiro atoms. The van der Waals surface area contributed by atoms with Crippen molar-refractivity contribution in [2.24, 2.45) is 5.92 Å². The lowest BCUT2D eigenvalue weighted by molar-refractivity contribution is 0.193. The summed E-state index contributed by atoms with van der Waals surface area (Å²) in [7, 11) is -1.12. The fraction of sp³-hybridized carbons (Fsp3) is 0.538. The van der Waals surface area contributed by atoms with E-state index in [2.05, 4.69) is 19.2 Å². The summed E-state index contributed by atoms with van der Waals surface area (Å²) in [5.74, 6) is 0.844. The molecule has 2 atom stereocenters. The molecule has 4 heteroatoms. The Morgan fingerprint density at radius 2 is 1.88 bits per heavy atom. The molecule has 0 saturated heterocycles. The van der Waals surface area contributed by atoms with Crippen LogP contribution in [0.4, 0.5) is 0 Å². The minimum absolute atomic E-state index is 0.287. The average Bonchev–Trinajstić information content (AvgIpc) is 2.29. The van der Waals surface area contributed by atoms with Crippen LogP contribution >= 0.6 is 0 Å². The van der Waals surface area contributed by atoms with Gasteiger partial charge >= 0.3 is 0 Å². The molecule has 0 aliphatic heterocycles. The molecule has 1 aromatic rings. The zero-order valence-electron chi connectivity index (χ0n) is 10.4. The van der Waals surface area contributed by atoms with E-state index in [4.69, 9.17) is 0 Å². The van der Waals surface area contributed by atoms with Crippen LogP contribution in [-0.2, 0) is 10.8 Å². The Bertz CT molecular complexity index is 341. The van der Waals surface area contributed by atoms with Crippen LogP contribution in [0.1, 0.15) is 13.8 Å². The molecule has 2 unspecified atom stereocenters. The van der Waals surface area contributed by atoms with Gasteiger partial charge in [0.05, 0.1) is 22.7 Å². The number of hydrogen-bond acceptors (Lipinski definition) is 3. The Labute approximate surface area is 106 Å². The zero-order chi connectivity index (χ0) is 12.7. The summed E-state index contributed by atoms with van der Waals surface area (Å²) in [5.41, 5.74) is 0. The average molecular weight is 255 g/mol. The van der Waals surface area contributed by atoms with Crippen LogP contribution in [0.3, 0.4) is 0 Å². The predicted octanol–water partition coefficient (Wildman–Crippen LogP) is 1.40. The van der Waals surface area contributed by atoms with Gasteiger partial charge in [0.2, 0.25) is 0 Å². The van der Waals surface area contributed by atoms with Gasteiger partial charge in [0.1, 0.15) is 0 Å². The van der Waals surface area contributed by atoms with Gasteiger partial charge in [0.15, 0.2) is 0 Å². The van der Waals surface area contributed by atoms with Crippen molar-refractivity contribution >= 4 is 10.8 Å². The maximum absolute atomic E-state index is 11.9. The van der Waals surface area contributed by atoms with Gasteiger partial charge in [-0.25, -0.2) is 0 Å². The Morgan fingerprint density at radius 1 is 1.24 bits per heavy atom. The van der Waals surface area contributed by atoms with Crippen molar-refractivity contribution in [1.82, 2.24) is 5.32 Å². The quantitative estimate of drug-likeness (QED) is 0.774. The molecule has 0 amide bonds. The monoisotopic (exact) mass is 255 g/mol. The highest BCUT2D eigenvalue weighted by atomic mass is 32.2. The summed E-state index contributed by atoms with van der Waals surface area (Å²) in [6, 6.07) is 9.25. The van der Waals surface area contributed by atoms with E-state index in [0.717, 1.165) is 11.4 Å². The molecule has 17 heavy (non-hydrogen) atoms. The molecule has 96 valence electrons. The lowest BCUT2D eigenvalue weighted by Gasteiger charge is -2.12. The predicted molar refractivity (Wildman–Crippen MR) is 71.4 cm³/mol. The minimum atomic E-state index is -1.12. The smallest absolute Gasteiger partial charge is 0.0783 e. The van der Waals surface area contributed by atoms with Gasteiger partial charge in [0.25, 0.3) is 0 Å². The number of hydrogen-bond donors (Lipinski definition) is 2. The van der Waals surface area contributed by atoms with E-state index >= 15 is 0 Å². The molecule has 1 aromatic carbocycles. The maximum atomic E-state index is 11.9. The second-order valence-corrected chi connectivity index (χ2v) is 6.03. The lowest BCUT2D eigenvalue weighted by Crippen LogP contribution is -2.32. The van der Waals surface area contributed by atoms with Crippen LogP contribution in [-0.4, -0.2) is 34.3 Å². The topological polar surface area (TPSA) is 49.3 Å². The molecule has 0 aliphatic rings. The molecule has 0 heterocycles. The van der Waals surface area contributed by atoms with Crippen LogP contribution in [0, 0.1) is 5.92 Å². The standard InChI is InChI=1S/C13H21NO2S/c1-11(2)8-14-9-12(15)10-17(16)13-6-4-3-5-7-13/h3-7,11-12,14-15H,8-10H2,1-2H3. The summed E-state index contributed by atoms with van der Waals surface area (Å²) < 4.78 is 11.9. The fourth-order valence-electron chi connectivity index (χ4n) is 1.44. The first-order valence-corrected chi connectivity index (χ1v) is 7.23. The van der Waals surface area contributed by atoms with E-state index in [1.165, 1.54) is 0 Å². The van der Waals surface area contributed by atoms with Crippen molar-refractivity contribution in [2.45, 2.75) is 24.8 Å². The second kappa shape index (κ2) is 7.58. The van der Waals surface area contributed by atoms with Crippen molar-refractivity contribution in [3.63, 3.8) is 0 Å². The first-order valence-electron chi connectivity index (χ1n) is 5.91. The van der Waals surface area contributed by atoms with Gasteiger partial charge in [-0.3, -0.25) is 4.21 Å². The highest BCUT2D eigenvalue weighted by Gasteiger charge is 2.10. The first kappa shape index (κ1) is 14.4. The van der Waals surface area contributed by atoms with E-state index in [0.29, 0.717) is 12.5 Å². The van der Waals surface area contributed by atoms with E-state index in [9.17, 15) is 9.32 Å². The summed E-state index contributed by atoms with van der Waals surface area (Å²) >= 11 is 0. The molecule has 0 aromatic heterocycles. The lowest BCUT2D eigenvalue weighted by atomic mass is 10.2. The van der Waals surface area contributed by atoms with Gasteiger partial charge in [-0.2, -0.15) is 0 Å². The number of rotatable bonds is 7. The SMILES string of the molecule is CC(C)CNCC(O)CS(=O)c1ccccc1. The fourth-order valence-corrected chi connectivity index (χ4v) is 2.56. The number of nitrogens with one attached hydrogen (secondary N) is 1. The van der Waals surface area contributed by atoms with Crippen LogP contribution in [0.15, 0.2) is 35.2 Å². The molecular formula is C13H21NO2S. The third-order valence-electron chi connectivity index (χ3n) is 2.28. The Kier molecular flexibility index (Phi) is 6.40. The normalized spacial score (nSPS) is 14.8. The molecule has 3 nitrogen and oxygen atoms in total. The van der Waals surface area contributed by atoms with Crippen molar-refractivity contribution in [2.75, 3.05) is 18.8 Å². The van der Waals surface area contributed by atoms with Gasteiger partial charge < -0.3 is 10.4 Å². The van der Waals surface area contributed by atoms with Gasteiger partial charge in [-0.1, -0.05) is 32.0 Å². The number of aliphatic hydroxyl groups excluding tert-OH is 1. The molecular weight excluding hydrogens is 234 g/mol. The van der Waals surface area contributed by atoms with Crippen molar-refractivity contribution in [1.29, 1.82) is 0 Å². The third kappa shape index (κ3) is 5.96. The van der Waals surface area contributed by atoms with E-state index in [1.807, 2.05) is 30.3 Å². The van der Waals surface area contributed by atoms with Gasteiger partial charge in [0, 0.05) is 11.4 Å². The van der Waals surface area contributed by atoms with Gasteiger partial charge in [-0.05, 0) is 24.6 Å².